The minimum atomic E-state index is 0.549. The molecule has 0 spiro atoms. The highest BCUT2D eigenvalue weighted by molar-refractivity contribution is 5.49. The lowest BCUT2D eigenvalue weighted by molar-refractivity contribution is 1.72. The Morgan fingerprint density at radius 3 is 2.64 bits per heavy atom. The van der Waals surface area contributed by atoms with Crippen molar-refractivity contribution in [3.63, 3.8) is 0 Å². The Morgan fingerprint density at radius 2 is 2.18 bits per heavy atom. The van der Waals surface area contributed by atoms with Crippen LogP contribution in [0.2, 0.25) is 0 Å². The maximum Gasteiger partial charge on any atom is 0.0750 e. The second-order valence-electron chi connectivity index (χ2n) is 1.97. The third-order valence-corrected chi connectivity index (χ3v) is 1.23. The largest absolute Gasteiger partial charge is 0.114 e. The van der Waals surface area contributed by atoms with E-state index in [9.17, 15) is 0 Å². The number of hydrogen-bond donors (Lipinski definition) is 0. The van der Waals surface area contributed by atoms with Crippen LogP contribution >= 0.6 is 0 Å². The molecule has 1 aliphatic carbocycles. The first kappa shape index (κ1) is 7.23. The summed E-state index contributed by atoms with van der Waals surface area (Å²) in [6, 6.07) is 0. The molecule has 0 atom stereocenters. The summed E-state index contributed by atoms with van der Waals surface area (Å²) >= 11 is 0. The Labute approximate surface area is 66.6 Å². The molecule has 0 unspecified atom stereocenters. The molecule has 0 saturated carbocycles. The van der Waals surface area contributed by atoms with Crippen LogP contribution in [0.25, 0.3) is 0 Å². The molecule has 0 amide bonds. The van der Waals surface area contributed by atoms with Crippen LogP contribution in [0.5, 0.6) is 0 Å². The second-order valence-corrected chi connectivity index (χ2v) is 1.97. The smallest absolute Gasteiger partial charge is 0.0750 e. The highest BCUT2D eigenvalue weighted by atomic mass is 13.9. The van der Waals surface area contributed by atoms with Gasteiger partial charge in [0.1, 0.15) is 0 Å². The fourth-order valence-electron chi connectivity index (χ4n) is 0.715. The molecule has 1 rings (SSSR count). The van der Waals surface area contributed by atoms with Gasteiger partial charge in [-0.25, -0.2) is 0 Å². The minimum absolute atomic E-state index is 0.549. The SMILES string of the molecule is C#CC(C#C)=CC1=C=CC=C1. The maximum atomic E-state index is 5.13. The number of rotatable bonds is 1. The van der Waals surface area contributed by atoms with Gasteiger partial charge in [-0.15, -0.1) is 18.6 Å². The number of hydrogen-bond acceptors (Lipinski definition) is 0. The van der Waals surface area contributed by atoms with Crippen molar-refractivity contribution in [2.75, 3.05) is 0 Å². The minimum Gasteiger partial charge on any atom is -0.114 e. The Balaban J connectivity index is 2.92. The summed E-state index contributed by atoms with van der Waals surface area (Å²) in [6.45, 7) is 0. The molecule has 11 heavy (non-hydrogen) atoms. The van der Waals surface area contributed by atoms with E-state index in [1.54, 1.807) is 6.08 Å². The summed E-state index contributed by atoms with van der Waals surface area (Å²) < 4.78 is 0. The van der Waals surface area contributed by atoms with Crippen LogP contribution in [0.1, 0.15) is 0 Å². The van der Waals surface area contributed by atoms with E-state index in [0.29, 0.717) is 5.57 Å². The summed E-state index contributed by atoms with van der Waals surface area (Å²) in [4.78, 5) is 0. The third-order valence-electron chi connectivity index (χ3n) is 1.23. The van der Waals surface area contributed by atoms with E-state index in [1.165, 1.54) is 0 Å². The molecule has 0 bridgehead atoms. The summed E-state index contributed by atoms with van der Waals surface area (Å²) in [7, 11) is 0. The van der Waals surface area contributed by atoms with Gasteiger partial charge in [0.2, 0.25) is 0 Å². The van der Waals surface area contributed by atoms with Gasteiger partial charge in [0, 0.05) is 5.57 Å². The summed E-state index contributed by atoms with van der Waals surface area (Å²) in [5.74, 6) is 4.79. The molecule has 1 aliphatic rings. The van der Waals surface area contributed by atoms with Gasteiger partial charge in [-0.05, 0) is 18.2 Å². The van der Waals surface area contributed by atoms with Crippen LogP contribution in [0.4, 0.5) is 0 Å². The van der Waals surface area contributed by atoms with E-state index in [1.807, 2.05) is 18.2 Å². The van der Waals surface area contributed by atoms with E-state index in [2.05, 4.69) is 17.6 Å². The number of terminal acetylenes is 2. The van der Waals surface area contributed by atoms with Crippen molar-refractivity contribution >= 4 is 0 Å². The van der Waals surface area contributed by atoms with Gasteiger partial charge >= 0.3 is 0 Å². The first-order chi connectivity index (χ1) is 5.36. The maximum absolute atomic E-state index is 5.13. The highest BCUT2D eigenvalue weighted by Gasteiger charge is 1.90. The van der Waals surface area contributed by atoms with Gasteiger partial charge in [0.15, 0.2) is 0 Å². The predicted molar refractivity (Wildman–Crippen MR) is 46.5 cm³/mol. The molecule has 0 radical (unpaired) electrons. The van der Waals surface area contributed by atoms with Crippen molar-refractivity contribution in [3.8, 4) is 24.7 Å². The van der Waals surface area contributed by atoms with Crippen LogP contribution in [-0.2, 0) is 0 Å². The van der Waals surface area contributed by atoms with Crippen molar-refractivity contribution < 1.29 is 0 Å². The molecule has 0 fully saturated rings. The molecule has 0 aromatic carbocycles. The fourth-order valence-corrected chi connectivity index (χ4v) is 0.715. The van der Waals surface area contributed by atoms with Gasteiger partial charge in [-0.3, -0.25) is 0 Å². The molecule has 0 heterocycles. The second kappa shape index (κ2) is 3.33. The third kappa shape index (κ3) is 1.77. The van der Waals surface area contributed by atoms with Crippen molar-refractivity contribution in [3.05, 3.63) is 41.2 Å². The zero-order valence-electron chi connectivity index (χ0n) is 5.96. The molecule has 0 saturated heterocycles. The topological polar surface area (TPSA) is 0 Å². The van der Waals surface area contributed by atoms with Crippen LogP contribution in [0, 0.1) is 24.7 Å². The molecule has 0 N–H and O–H groups in total. The van der Waals surface area contributed by atoms with Crippen LogP contribution < -0.4 is 0 Å². The molecule has 0 heteroatoms. The van der Waals surface area contributed by atoms with Gasteiger partial charge in [-0.1, -0.05) is 17.9 Å². The molecular weight excluding hydrogens is 132 g/mol. The molecule has 50 valence electrons. The van der Waals surface area contributed by atoms with Gasteiger partial charge in [0.05, 0.1) is 5.57 Å². The lowest BCUT2D eigenvalue weighted by atomic mass is 10.2. The summed E-state index contributed by atoms with van der Waals surface area (Å²) in [5.41, 5.74) is 4.44. The van der Waals surface area contributed by atoms with E-state index in [4.69, 9.17) is 12.8 Å². The fraction of sp³-hybridized carbons (Fsp3) is 0. The lowest BCUT2D eigenvalue weighted by Crippen LogP contribution is -1.72. The zero-order valence-corrected chi connectivity index (χ0v) is 5.96. The Morgan fingerprint density at radius 1 is 1.45 bits per heavy atom. The standard InChI is InChI=1S/C11H6/c1-3-10(4-2)9-11-7-5-6-8-11/h1-2,5-7,9H. The van der Waals surface area contributed by atoms with Crippen LogP contribution in [0.3, 0.4) is 0 Å². The monoisotopic (exact) mass is 138 g/mol. The normalized spacial score (nSPS) is 11.6. The number of allylic oxidation sites excluding steroid dienone is 5. The average molecular weight is 138 g/mol. The Bertz CT molecular complexity index is 340. The van der Waals surface area contributed by atoms with E-state index >= 15 is 0 Å². The molecule has 0 aromatic heterocycles. The quantitative estimate of drug-likeness (QED) is 0.383. The van der Waals surface area contributed by atoms with E-state index in [0.717, 1.165) is 5.57 Å². The van der Waals surface area contributed by atoms with Crippen molar-refractivity contribution in [1.29, 1.82) is 0 Å². The predicted octanol–water partition coefficient (Wildman–Crippen LogP) is 1.83. The Hall–Kier alpha value is -1.88. The molecule has 0 aliphatic heterocycles. The summed E-state index contributed by atoms with van der Waals surface area (Å²) in [6.07, 6.45) is 17.6. The van der Waals surface area contributed by atoms with Crippen LogP contribution in [0.15, 0.2) is 41.2 Å². The summed E-state index contributed by atoms with van der Waals surface area (Å²) in [5, 5.41) is 0. The first-order valence-corrected chi connectivity index (χ1v) is 3.15. The highest BCUT2D eigenvalue weighted by Crippen LogP contribution is 2.05. The first-order valence-electron chi connectivity index (χ1n) is 3.15. The van der Waals surface area contributed by atoms with Crippen molar-refractivity contribution in [1.82, 2.24) is 0 Å². The average Bonchev–Trinajstić information content (AvgIpc) is 2.52. The van der Waals surface area contributed by atoms with Crippen molar-refractivity contribution in [2.24, 2.45) is 0 Å². The Kier molecular flexibility index (Phi) is 2.19. The molecular formula is C11H6. The molecule has 0 aromatic rings. The van der Waals surface area contributed by atoms with Crippen LogP contribution in [-0.4, -0.2) is 0 Å². The lowest BCUT2D eigenvalue weighted by Gasteiger charge is -1.85. The zero-order chi connectivity index (χ0) is 8.10. The van der Waals surface area contributed by atoms with Gasteiger partial charge < -0.3 is 0 Å². The van der Waals surface area contributed by atoms with E-state index < -0.39 is 0 Å². The van der Waals surface area contributed by atoms with Gasteiger partial charge in [-0.2, -0.15) is 0 Å². The van der Waals surface area contributed by atoms with Gasteiger partial charge in [0.25, 0.3) is 0 Å². The van der Waals surface area contributed by atoms with E-state index in [-0.39, 0.29) is 0 Å². The molecule has 0 nitrogen and oxygen atoms in total. The van der Waals surface area contributed by atoms with Crippen molar-refractivity contribution in [2.45, 2.75) is 0 Å².